The van der Waals surface area contributed by atoms with E-state index in [4.69, 9.17) is 0 Å². The number of para-hydroxylation sites is 2. The Labute approximate surface area is 388 Å². The van der Waals surface area contributed by atoms with Crippen LogP contribution in [0.5, 0.6) is 0 Å². The van der Waals surface area contributed by atoms with Gasteiger partial charge in [-0.15, -0.1) is 11.3 Å². The summed E-state index contributed by atoms with van der Waals surface area (Å²) in [5, 5.41) is 7.24. The summed E-state index contributed by atoms with van der Waals surface area (Å²) in [5.41, 5.74) is 11.9. The summed E-state index contributed by atoms with van der Waals surface area (Å²) in [7, 11) is 0. The Morgan fingerprint density at radius 1 is 0.227 bits per heavy atom. The van der Waals surface area contributed by atoms with E-state index in [0.29, 0.717) is 0 Å². The fraction of sp³-hybridized carbons (Fsp3) is 0. The van der Waals surface area contributed by atoms with E-state index in [2.05, 4.69) is 276 Å². The summed E-state index contributed by atoms with van der Waals surface area (Å²) < 4.78 is 2.56. The molecule has 0 saturated heterocycles. The van der Waals surface area contributed by atoms with Crippen molar-refractivity contribution in [3.63, 3.8) is 0 Å². The normalized spacial score (nSPS) is 11.3. The summed E-state index contributed by atoms with van der Waals surface area (Å²) in [5.74, 6) is 0. The first kappa shape index (κ1) is 39.2. The molecule has 0 spiro atoms. The average Bonchev–Trinajstić information content (AvgIpc) is 3.76. The van der Waals surface area contributed by atoms with Gasteiger partial charge in [-0.3, -0.25) is 0 Å². The first-order chi connectivity index (χ1) is 32.7. The summed E-state index contributed by atoms with van der Waals surface area (Å²) in [6, 6.07) is 94.7. The van der Waals surface area contributed by atoms with Crippen molar-refractivity contribution in [1.82, 2.24) is 0 Å². The van der Waals surface area contributed by atoms with Gasteiger partial charge in [0.2, 0.25) is 0 Å². The van der Waals surface area contributed by atoms with E-state index in [0.717, 1.165) is 51.2 Å². The van der Waals surface area contributed by atoms with Crippen molar-refractivity contribution in [3.8, 4) is 11.1 Å². The van der Waals surface area contributed by atoms with E-state index in [-0.39, 0.29) is 0 Å². The number of hydrogen-bond donors (Lipinski definition) is 0. The predicted octanol–water partition coefficient (Wildman–Crippen LogP) is 18.4. The second kappa shape index (κ2) is 16.9. The van der Waals surface area contributed by atoms with Gasteiger partial charge in [-0.05, 0) is 113 Å². The molecule has 4 heteroatoms. The quantitative estimate of drug-likeness (QED) is 0.136. The third-order valence-corrected chi connectivity index (χ3v) is 13.7. The van der Waals surface area contributed by atoms with Crippen molar-refractivity contribution in [2.75, 3.05) is 14.7 Å². The number of hydrogen-bond acceptors (Lipinski definition) is 4. The standard InChI is InChI=1S/C62H43N3S/c1-4-18-44(19-5-1)45-34-36-50(37-35-45)63(51-38-39-62-58(43-51)57-30-14-15-33-61(57)66-62)52-40-53(64(48-24-6-2-7-25-48)59-31-16-22-46-20-10-12-28-55(46)59)42-54(41-52)65(49-26-8-3-9-27-49)60-32-17-23-47-21-11-13-29-56(47)60/h1-43H. The molecule has 0 atom stereocenters. The average molecular weight is 862 g/mol. The lowest BCUT2D eigenvalue weighted by atomic mass is 10.0. The molecule has 12 rings (SSSR count). The highest BCUT2D eigenvalue weighted by Crippen LogP contribution is 2.49. The van der Waals surface area contributed by atoms with Crippen molar-refractivity contribution in [2.45, 2.75) is 0 Å². The van der Waals surface area contributed by atoms with Crippen LogP contribution in [-0.4, -0.2) is 0 Å². The van der Waals surface area contributed by atoms with Crippen LogP contribution in [0, 0.1) is 0 Å². The van der Waals surface area contributed by atoms with Gasteiger partial charge in [0, 0.05) is 53.7 Å². The van der Waals surface area contributed by atoms with Gasteiger partial charge in [-0.2, -0.15) is 0 Å². The number of thiophene rings is 1. The molecule has 66 heavy (non-hydrogen) atoms. The van der Waals surface area contributed by atoms with E-state index in [1.54, 1.807) is 0 Å². The topological polar surface area (TPSA) is 9.72 Å². The molecule has 1 aromatic heterocycles. The van der Waals surface area contributed by atoms with E-state index < -0.39 is 0 Å². The van der Waals surface area contributed by atoms with Crippen LogP contribution in [0.1, 0.15) is 0 Å². The minimum absolute atomic E-state index is 1.02. The molecule has 0 amide bonds. The minimum atomic E-state index is 1.02. The Bertz CT molecular complexity index is 3510. The van der Waals surface area contributed by atoms with Crippen LogP contribution in [0.3, 0.4) is 0 Å². The molecule has 0 aliphatic heterocycles. The maximum absolute atomic E-state index is 2.44. The van der Waals surface area contributed by atoms with Crippen LogP contribution >= 0.6 is 11.3 Å². The maximum Gasteiger partial charge on any atom is 0.0540 e. The summed E-state index contributed by atoms with van der Waals surface area (Å²) in [6.07, 6.45) is 0. The number of anilines is 9. The van der Waals surface area contributed by atoms with Gasteiger partial charge in [0.1, 0.15) is 0 Å². The zero-order valence-electron chi connectivity index (χ0n) is 36.1. The molecule has 0 unspecified atom stereocenters. The van der Waals surface area contributed by atoms with Gasteiger partial charge in [-0.25, -0.2) is 0 Å². The van der Waals surface area contributed by atoms with Gasteiger partial charge in [0.25, 0.3) is 0 Å². The maximum atomic E-state index is 2.44. The molecule has 0 bridgehead atoms. The molecule has 0 radical (unpaired) electrons. The summed E-state index contributed by atoms with van der Waals surface area (Å²) in [4.78, 5) is 7.29. The van der Waals surface area contributed by atoms with E-state index >= 15 is 0 Å². The Morgan fingerprint density at radius 2 is 0.636 bits per heavy atom. The Hall–Kier alpha value is -8.44. The molecule has 12 aromatic rings. The largest absolute Gasteiger partial charge is 0.310 e. The molecule has 1 heterocycles. The summed E-state index contributed by atoms with van der Waals surface area (Å²) in [6.45, 7) is 0. The fourth-order valence-corrected chi connectivity index (χ4v) is 10.6. The number of nitrogens with zero attached hydrogens (tertiary/aromatic N) is 3. The number of benzene rings is 11. The molecule has 0 N–H and O–H groups in total. The molecule has 0 fully saturated rings. The Morgan fingerprint density at radius 3 is 1.21 bits per heavy atom. The number of fused-ring (bicyclic) bond motifs is 5. The third kappa shape index (κ3) is 7.20. The van der Waals surface area contributed by atoms with Gasteiger partial charge < -0.3 is 14.7 Å². The summed E-state index contributed by atoms with van der Waals surface area (Å²) >= 11 is 1.85. The molecule has 0 aliphatic rings. The highest BCUT2D eigenvalue weighted by Gasteiger charge is 2.24. The first-order valence-corrected chi connectivity index (χ1v) is 23.2. The van der Waals surface area contributed by atoms with Crippen molar-refractivity contribution in [1.29, 1.82) is 0 Å². The Balaban J connectivity index is 1.17. The molecule has 0 aliphatic carbocycles. The molecular weight excluding hydrogens is 819 g/mol. The highest BCUT2D eigenvalue weighted by atomic mass is 32.1. The fourth-order valence-electron chi connectivity index (χ4n) is 9.52. The zero-order valence-corrected chi connectivity index (χ0v) is 36.9. The van der Waals surface area contributed by atoms with E-state index in [1.807, 2.05) is 11.3 Å². The predicted molar refractivity (Wildman–Crippen MR) is 284 cm³/mol. The van der Waals surface area contributed by atoms with Gasteiger partial charge >= 0.3 is 0 Å². The smallest absolute Gasteiger partial charge is 0.0540 e. The lowest BCUT2D eigenvalue weighted by Crippen LogP contribution is -2.16. The van der Waals surface area contributed by atoms with Crippen molar-refractivity contribution in [3.05, 3.63) is 261 Å². The van der Waals surface area contributed by atoms with Gasteiger partial charge in [0.05, 0.1) is 28.4 Å². The zero-order chi connectivity index (χ0) is 43.8. The van der Waals surface area contributed by atoms with Crippen molar-refractivity contribution in [2.24, 2.45) is 0 Å². The Kier molecular flexibility index (Phi) is 10.0. The van der Waals surface area contributed by atoms with Crippen molar-refractivity contribution < 1.29 is 0 Å². The second-order valence-corrected chi connectivity index (χ2v) is 17.7. The number of rotatable bonds is 10. The minimum Gasteiger partial charge on any atom is -0.310 e. The first-order valence-electron chi connectivity index (χ1n) is 22.4. The van der Waals surface area contributed by atoms with Crippen LogP contribution in [-0.2, 0) is 0 Å². The van der Waals surface area contributed by atoms with Gasteiger partial charge in [-0.1, -0.05) is 170 Å². The van der Waals surface area contributed by atoms with Gasteiger partial charge in [0.15, 0.2) is 0 Å². The molecule has 312 valence electrons. The molecular formula is C62H43N3S. The highest BCUT2D eigenvalue weighted by molar-refractivity contribution is 7.25. The molecule has 0 saturated carbocycles. The van der Waals surface area contributed by atoms with Crippen LogP contribution in [0.4, 0.5) is 51.2 Å². The lowest BCUT2D eigenvalue weighted by Gasteiger charge is -2.33. The SMILES string of the molecule is c1ccc(-c2ccc(N(c3cc(N(c4ccccc4)c4cccc5ccccc45)cc(N(c4ccccc4)c4cccc5ccccc45)c3)c3ccc4sc5ccccc5c4c3)cc2)cc1. The third-order valence-electron chi connectivity index (χ3n) is 12.6. The van der Waals surface area contributed by atoms with Crippen LogP contribution < -0.4 is 14.7 Å². The second-order valence-electron chi connectivity index (χ2n) is 16.6. The van der Waals surface area contributed by atoms with Crippen molar-refractivity contribution >= 4 is 104 Å². The van der Waals surface area contributed by atoms with E-state index in [1.165, 1.54) is 52.8 Å². The monoisotopic (exact) mass is 861 g/mol. The van der Waals surface area contributed by atoms with Crippen LogP contribution in [0.2, 0.25) is 0 Å². The lowest BCUT2D eigenvalue weighted by molar-refractivity contribution is 1.23. The van der Waals surface area contributed by atoms with Crippen LogP contribution in [0.15, 0.2) is 261 Å². The molecule has 11 aromatic carbocycles. The van der Waals surface area contributed by atoms with Crippen LogP contribution in [0.25, 0.3) is 52.8 Å². The van der Waals surface area contributed by atoms with E-state index in [9.17, 15) is 0 Å². The molecule has 3 nitrogen and oxygen atoms in total.